The zero-order chi connectivity index (χ0) is 22.6. The molecule has 2 fully saturated rings. The van der Waals surface area contributed by atoms with Crippen LogP contribution in [-0.2, 0) is 16.0 Å². The van der Waals surface area contributed by atoms with E-state index in [1.807, 2.05) is 49.1 Å². The highest BCUT2D eigenvalue weighted by atomic mass is 16.5. The molecule has 2 aliphatic heterocycles. The summed E-state index contributed by atoms with van der Waals surface area (Å²) in [7, 11) is 0. The minimum absolute atomic E-state index is 0.0233. The smallest absolute Gasteiger partial charge is 0.251 e. The van der Waals surface area contributed by atoms with Crippen molar-refractivity contribution in [3.8, 4) is 0 Å². The van der Waals surface area contributed by atoms with E-state index >= 15 is 0 Å². The summed E-state index contributed by atoms with van der Waals surface area (Å²) in [5.74, 6) is 1.36. The molecule has 1 atom stereocenters. The molecule has 0 bridgehead atoms. The molecule has 1 aromatic carbocycles. The number of ether oxygens (including phenoxy) is 1. The molecule has 2 amide bonds. The number of benzene rings is 1. The SMILES string of the molecule is Cc1noc(C)c1CCC(=O)N1CCC2(CC1)CC(CNC(=O)c1ccccc1)CCO2. The molecule has 0 saturated carbocycles. The van der Waals surface area contributed by atoms with E-state index in [-0.39, 0.29) is 17.4 Å². The summed E-state index contributed by atoms with van der Waals surface area (Å²) >= 11 is 0. The maximum absolute atomic E-state index is 12.8. The van der Waals surface area contributed by atoms with Gasteiger partial charge < -0.3 is 19.5 Å². The van der Waals surface area contributed by atoms with Crippen molar-refractivity contribution < 1.29 is 18.8 Å². The molecule has 7 nitrogen and oxygen atoms in total. The summed E-state index contributed by atoms with van der Waals surface area (Å²) in [6.45, 7) is 6.64. The first-order valence-electron chi connectivity index (χ1n) is 11.6. The van der Waals surface area contributed by atoms with Gasteiger partial charge in [-0.25, -0.2) is 0 Å². The second-order valence-corrected chi connectivity index (χ2v) is 9.15. The normalized spacial score (nSPS) is 20.3. The maximum Gasteiger partial charge on any atom is 0.251 e. The molecule has 0 aliphatic carbocycles. The Morgan fingerprint density at radius 1 is 1.19 bits per heavy atom. The number of hydrogen-bond donors (Lipinski definition) is 1. The number of nitrogens with zero attached hydrogens (tertiary/aromatic N) is 2. The molecule has 1 aromatic heterocycles. The number of carbonyl (C=O) groups is 2. The molecule has 7 heteroatoms. The van der Waals surface area contributed by atoms with Crippen LogP contribution in [0.4, 0.5) is 0 Å². The van der Waals surface area contributed by atoms with Gasteiger partial charge in [0.15, 0.2) is 0 Å². The van der Waals surface area contributed by atoms with Crippen molar-refractivity contribution in [2.45, 2.75) is 58.0 Å². The number of nitrogens with one attached hydrogen (secondary N) is 1. The molecule has 2 aromatic rings. The summed E-state index contributed by atoms with van der Waals surface area (Å²) in [5.41, 5.74) is 2.44. The van der Waals surface area contributed by atoms with E-state index in [9.17, 15) is 9.59 Å². The van der Waals surface area contributed by atoms with Crippen molar-refractivity contribution in [1.82, 2.24) is 15.4 Å². The Morgan fingerprint density at radius 3 is 2.62 bits per heavy atom. The van der Waals surface area contributed by atoms with E-state index in [0.717, 1.165) is 55.8 Å². The number of aryl methyl sites for hydroxylation is 2. The summed E-state index contributed by atoms with van der Waals surface area (Å²) < 4.78 is 11.4. The fraction of sp³-hybridized carbons (Fsp3) is 0.560. The van der Waals surface area contributed by atoms with Crippen LogP contribution in [0.15, 0.2) is 34.9 Å². The Hall–Kier alpha value is -2.67. The Balaban J connectivity index is 1.24. The predicted octanol–water partition coefficient (Wildman–Crippen LogP) is 3.44. The molecule has 1 unspecified atom stereocenters. The zero-order valence-corrected chi connectivity index (χ0v) is 19.1. The van der Waals surface area contributed by atoms with E-state index in [4.69, 9.17) is 9.26 Å². The lowest BCUT2D eigenvalue weighted by Gasteiger charge is -2.46. The molecule has 1 N–H and O–H groups in total. The predicted molar refractivity (Wildman–Crippen MR) is 120 cm³/mol. The number of rotatable bonds is 6. The number of likely N-dealkylation sites (tertiary alicyclic amines) is 1. The Morgan fingerprint density at radius 2 is 1.94 bits per heavy atom. The van der Waals surface area contributed by atoms with Gasteiger partial charge in [-0.2, -0.15) is 0 Å². The third-order valence-corrected chi connectivity index (χ3v) is 6.98. The Bertz CT molecular complexity index is 912. The monoisotopic (exact) mass is 439 g/mol. The third kappa shape index (κ3) is 5.21. The average molecular weight is 440 g/mol. The molecule has 172 valence electrons. The summed E-state index contributed by atoms with van der Waals surface area (Å²) in [6.07, 6.45) is 4.74. The number of carbonyl (C=O) groups excluding carboxylic acids is 2. The Labute approximate surface area is 189 Å². The number of aromatic nitrogens is 1. The van der Waals surface area contributed by atoms with Gasteiger partial charge in [-0.3, -0.25) is 9.59 Å². The number of hydrogen-bond acceptors (Lipinski definition) is 5. The van der Waals surface area contributed by atoms with E-state index < -0.39 is 0 Å². The van der Waals surface area contributed by atoms with E-state index in [2.05, 4.69) is 10.5 Å². The largest absolute Gasteiger partial charge is 0.375 e. The van der Waals surface area contributed by atoms with Crippen molar-refractivity contribution in [3.63, 3.8) is 0 Å². The van der Waals surface area contributed by atoms with Crippen LogP contribution in [0.3, 0.4) is 0 Å². The lowest BCUT2D eigenvalue weighted by Crippen LogP contribution is -2.51. The first kappa shape index (κ1) is 22.5. The molecule has 2 saturated heterocycles. The molecule has 3 heterocycles. The molecule has 1 spiro atoms. The van der Waals surface area contributed by atoms with Crippen LogP contribution >= 0.6 is 0 Å². The van der Waals surface area contributed by atoms with Gasteiger partial charge in [0.05, 0.1) is 11.3 Å². The van der Waals surface area contributed by atoms with Gasteiger partial charge in [0.25, 0.3) is 5.91 Å². The minimum Gasteiger partial charge on any atom is -0.375 e. The highest BCUT2D eigenvalue weighted by Gasteiger charge is 2.41. The van der Waals surface area contributed by atoms with Crippen LogP contribution in [0.25, 0.3) is 0 Å². The second kappa shape index (κ2) is 9.86. The van der Waals surface area contributed by atoms with E-state index in [1.165, 1.54) is 0 Å². The van der Waals surface area contributed by atoms with Crippen molar-refractivity contribution in [2.75, 3.05) is 26.2 Å². The molecule has 4 rings (SSSR count). The van der Waals surface area contributed by atoms with Gasteiger partial charge in [-0.1, -0.05) is 23.4 Å². The second-order valence-electron chi connectivity index (χ2n) is 9.15. The van der Waals surface area contributed by atoms with Gasteiger partial charge in [0.2, 0.25) is 5.91 Å². The minimum atomic E-state index is -0.168. The van der Waals surface area contributed by atoms with Crippen molar-refractivity contribution in [3.05, 3.63) is 52.9 Å². The van der Waals surface area contributed by atoms with Crippen LogP contribution in [0, 0.1) is 19.8 Å². The van der Waals surface area contributed by atoms with Gasteiger partial charge in [0, 0.05) is 43.8 Å². The van der Waals surface area contributed by atoms with Crippen molar-refractivity contribution in [2.24, 2.45) is 5.92 Å². The van der Waals surface area contributed by atoms with Crippen LogP contribution in [-0.4, -0.2) is 53.7 Å². The van der Waals surface area contributed by atoms with Crippen LogP contribution < -0.4 is 5.32 Å². The molecular formula is C25H33N3O4. The maximum atomic E-state index is 12.8. The molecule has 0 radical (unpaired) electrons. The number of amides is 2. The zero-order valence-electron chi connectivity index (χ0n) is 19.1. The van der Waals surface area contributed by atoms with Crippen LogP contribution in [0.5, 0.6) is 0 Å². The first-order valence-corrected chi connectivity index (χ1v) is 11.6. The quantitative estimate of drug-likeness (QED) is 0.745. The van der Waals surface area contributed by atoms with Gasteiger partial charge in [-0.15, -0.1) is 0 Å². The van der Waals surface area contributed by atoms with E-state index in [0.29, 0.717) is 37.5 Å². The lowest BCUT2D eigenvalue weighted by atomic mass is 9.79. The van der Waals surface area contributed by atoms with E-state index in [1.54, 1.807) is 0 Å². The molecule has 32 heavy (non-hydrogen) atoms. The molecule has 2 aliphatic rings. The lowest BCUT2D eigenvalue weighted by molar-refractivity contribution is -0.146. The first-order chi connectivity index (χ1) is 15.5. The van der Waals surface area contributed by atoms with Crippen molar-refractivity contribution >= 4 is 11.8 Å². The standard InChI is InChI=1S/C25H33N3O4/c1-18-22(19(2)32-27-18)8-9-23(29)28-13-11-25(12-14-28)16-20(10-15-31-25)17-26-24(30)21-6-4-3-5-7-21/h3-7,20H,8-17H2,1-2H3,(H,26,30). The molecular weight excluding hydrogens is 406 g/mol. The fourth-order valence-electron chi connectivity index (χ4n) is 4.99. The summed E-state index contributed by atoms with van der Waals surface area (Å²) in [5, 5.41) is 7.06. The third-order valence-electron chi connectivity index (χ3n) is 6.98. The van der Waals surface area contributed by atoms with Gasteiger partial charge in [0.1, 0.15) is 5.76 Å². The summed E-state index contributed by atoms with van der Waals surface area (Å²) in [6, 6.07) is 9.33. The average Bonchev–Trinajstić information content (AvgIpc) is 3.14. The van der Waals surface area contributed by atoms with Crippen LogP contribution in [0.1, 0.15) is 59.5 Å². The van der Waals surface area contributed by atoms with Crippen molar-refractivity contribution in [1.29, 1.82) is 0 Å². The topological polar surface area (TPSA) is 84.7 Å². The number of piperidine rings is 1. The van der Waals surface area contributed by atoms with Gasteiger partial charge in [-0.05, 0) is 64.0 Å². The Kier molecular flexibility index (Phi) is 6.94. The van der Waals surface area contributed by atoms with Gasteiger partial charge >= 0.3 is 0 Å². The highest BCUT2D eigenvalue weighted by molar-refractivity contribution is 5.94. The fourth-order valence-corrected chi connectivity index (χ4v) is 4.99. The van der Waals surface area contributed by atoms with Crippen LogP contribution in [0.2, 0.25) is 0 Å². The highest BCUT2D eigenvalue weighted by Crippen LogP contribution is 2.37. The summed E-state index contributed by atoms with van der Waals surface area (Å²) in [4.78, 5) is 27.1.